The van der Waals surface area contributed by atoms with Gasteiger partial charge in [-0.05, 0) is 42.5 Å². The summed E-state index contributed by atoms with van der Waals surface area (Å²) in [7, 11) is -2.30. The van der Waals surface area contributed by atoms with Crippen molar-refractivity contribution < 1.29 is 22.7 Å². The average Bonchev–Trinajstić information content (AvgIpc) is 3.01. The van der Waals surface area contributed by atoms with Gasteiger partial charge in [-0.1, -0.05) is 0 Å². The number of aryl methyl sites for hydroxylation is 1. The lowest BCUT2D eigenvalue weighted by molar-refractivity contribution is 0.0691. The summed E-state index contributed by atoms with van der Waals surface area (Å²) in [5.74, 6) is -1.94. The van der Waals surface area contributed by atoms with Crippen molar-refractivity contribution in [2.45, 2.75) is 4.90 Å². The number of carboxylic acids is 1. The molecule has 134 valence electrons. The number of halogens is 1. The van der Waals surface area contributed by atoms with E-state index in [1.54, 1.807) is 30.1 Å². The van der Waals surface area contributed by atoms with Gasteiger partial charge in [0.15, 0.2) is 5.82 Å². The van der Waals surface area contributed by atoms with Crippen LogP contribution in [0.15, 0.2) is 53.7 Å². The number of aromatic carboxylic acids is 1. The number of hydrogen-bond acceptors (Lipinski definition) is 5. The molecule has 0 aliphatic rings. The van der Waals surface area contributed by atoms with Crippen molar-refractivity contribution in [3.63, 3.8) is 0 Å². The van der Waals surface area contributed by atoms with Gasteiger partial charge in [0, 0.05) is 18.3 Å². The van der Waals surface area contributed by atoms with Gasteiger partial charge < -0.3 is 9.67 Å². The van der Waals surface area contributed by atoms with E-state index in [0.717, 1.165) is 23.8 Å². The average molecular weight is 376 g/mol. The zero-order valence-corrected chi connectivity index (χ0v) is 14.2. The van der Waals surface area contributed by atoms with E-state index in [-0.39, 0.29) is 10.6 Å². The van der Waals surface area contributed by atoms with Crippen molar-refractivity contribution in [1.82, 2.24) is 14.8 Å². The molecule has 0 fully saturated rings. The Balaban J connectivity index is 1.87. The van der Waals surface area contributed by atoms with Crippen LogP contribution in [-0.4, -0.2) is 34.3 Å². The molecule has 0 aliphatic carbocycles. The lowest BCUT2D eigenvalue weighted by Gasteiger charge is -2.10. The monoisotopic (exact) mass is 376 g/mol. The second kappa shape index (κ2) is 6.56. The van der Waals surface area contributed by atoms with Gasteiger partial charge >= 0.3 is 5.97 Å². The van der Waals surface area contributed by atoms with Gasteiger partial charge in [0.2, 0.25) is 0 Å². The summed E-state index contributed by atoms with van der Waals surface area (Å²) >= 11 is 0. The topological polar surface area (TPSA) is 114 Å². The Kier molecular flexibility index (Phi) is 4.43. The first kappa shape index (κ1) is 17.5. The van der Waals surface area contributed by atoms with Crippen LogP contribution in [0.25, 0.3) is 11.4 Å². The SMILES string of the molecule is Cn1cnnc1-c1ccc(NS(=O)(=O)c2ccc(F)c(C(=O)O)c2)cc1. The van der Waals surface area contributed by atoms with Crippen molar-refractivity contribution in [1.29, 1.82) is 0 Å². The quantitative estimate of drug-likeness (QED) is 0.705. The fraction of sp³-hybridized carbons (Fsp3) is 0.0625. The van der Waals surface area contributed by atoms with E-state index in [1.165, 1.54) is 12.1 Å². The molecule has 0 saturated carbocycles. The predicted molar refractivity (Wildman–Crippen MR) is 90.6 cm³/mol. The Morgan fingerprint density at radius 3 is 2.46 bits per heavy atom. The van der Waals surface area contributed by atoms with Crippen LogP contribution < -0.4 is 4.72 Å². The highest BCUT2D eigenvalue weighted by Gasteiger charge is 2.19. The summed E-state index contributed by atoms with van der Waals surface area (Å²) in [4.78, 5) is 10.6. The van der Waals surface area contributed by atoms with Gasteiger partial charge in [-0.3, -0.25) is 4.72 Å². The predicted octanol–water partition coefficient (Wildman–Crippen LogP) is 2.12. The summed E-state index contributed by atoms with van der Waals surface area (Å²) < 4.78 is 42.3. The minimum atomic E-state index is -4.07. The molecule has 1 heterocycles. The van der Waals surface area contributed by atoms with Gasteiger partial charge in [0.1, 0.15) is 12.1 Å². The summed E-state index contributed by atoms with van der Waals surface area (Å²) in [6.45, 7) is 0. The Morgan fingerprint density at radius 1 is 1.19 bits per heavy atom. The number of hydrogen-bond donors (Lipinski definition) is 2. The van der Waals surface area contributed by atoms with E-state index < -0.39 is 27.4 Å². The Bertz CT molecular complexity index is 1080. The molecule has 0 radical (unpaired) electrons. The highest BCUT2D eigenvalue weighted by Crippen LogP contribution is 2.22. The molecule has 1 aromatic heterocycles. The molecule has 0 atom stereocenters. The van der Waals surface area contributed by atoms with Crippen LogP contribution in [0.3, 0.4) is 0 Å². The highest BCUT2D eigenvalue weighted by molar-refractivity contribution is 7.92. The second-order valence-corrected chi connectivity index (χ2v) is 7.08. The number of anilines is 1. The smallest absolute Gasteiger partial charge is 0.338 e. The zero-order chi connectivity index (χ0) is 18.9. The van der Waals surface area contributed by atoms with Gasteiger partial charge in [0.25, 0.3) is 10.0 Å². The molecule has 0 aliphatic heterocycles. The molecule has 2 N–H and O–H groups in total. The van der Waals surface area contributed by atoms with Crippen LogP contribution >= 0.6 is 0 Å². The molecule has 3 aromatic rings. The van der Waals surface area contributed by atoms with Crippen LogP contribution in [0.5, 0.6) is 0 Å². The summed E-state index contributed by atoms with van der Waals surface area (Å²) in [6, 6.07) is 8.96. The fourth-order valence-electron chi connectivity index (χ4n) is 2.28. The Labute approximate surface area is 148 Å². The normalized spacial score (nSPS) is 11.3. The molecular formula is C16H13FN4O4S. The third-order valence-electron chi connectivity index (χ3n) is 3.59. The molecule has 2 aromatic carbocycles. The minimum absolute atomic E-state index is 0.261. The van der Waals surface area contributed by atoms with Crippen molar-refractivity contribution in [2.24, 2.45) is 7.05 Å². The Morgan fingerprint density at radius 2 is 1.88 bits per heavy atom. The lowest BCUT2D eigenvalue weighted by Crippen LogP contribution is -2.14. The molecule has 8 nitrogen and oxygen atoms in total. The van der Waals surface area contributed by atoms with Crippen molar-refractivity contribution in [3.8, 4) is 11.4 Å². The number of nitrogens with zero attached hydrogens (tertiary/aromatic N) is 3. The number of rotatable bonds is 5. The fourth-order valence-corrected chi connectivity index (χ4v) is 3.37. The van der Waals surface area contributed by atoms with E-state index in [0.29, 0.717) is 5.82 Å². The van der Waals surface area contributed by atoms with Crippen LogP contribution in [-0.2, 0) is 17.1 Å². The maximum atomic E-state index is 13.4. The minimum Gasteiger partial charge on any atom is -0.478 e. The summed E-state index contributed by atoms with van der Waals surface area (Å²) in [5, 5.41) is 16.6. The lowest BCUT2D eigenvalue weighted by atomic mass is 10.2. The van der Waals surface area contributed by atoms with Crippen LogP contribution in [0.4, 0.5) is 10.1 Å². The largest absolute Gasteiger partial charge is 0.478 e. The van der Waals surface area contributed by atoms with Gasteiger partial charge in [-0.15, -0.1) is 10.2 Å². The number of carbonyl (C=O) groups is 1. The van der Waals surface area contributed by atoms with E-state index in [2.05, 4.69) is 14.9 Å². The highest BCUT2D eigenvalue weighted by atomic mass is 32.2. The molecule has 3 rings (SSSR count). The van der Waals surface area contributed by atoms with E-state index in [4.69, 9.17) is 5.11 Å². The third-order valence-corrected chi connectivity index (χ3v) is 4.96. The molecule has 0 saturated heterocycles. The van der Waals surface area contributed by atoms with Crippen molar-refractivity contribution in [3.05, 3.63) is 60.2 Å². The maximum Gasteiger partial charge on any atom is 0.338 e. The van der Waals surface area contributed by atoms with Crippen LogP contribution in [0.1, 0.15) is 10.4 Å². The standard InChI is InChI=1S/C16H13FN4O4S/c1-21-9-18-19-15(21)10-2-4-11(5-3-10)20-26(24,25)12-6-7-14(17)13(8-12)16(22)23/h2-9,20H,1H3,(H,22,23). The summed E-state index contributed by atoms with van der Waals surface area (Å²) in [6.07, 6.45) is 1.54. The molecule has 10 heteroatoms. The molecule has 26 heavy (non-hydrogen) atoms. The van der Waals surface area contributed by atoms with Crippen LogP contribution in [0, 0.1) is 5.82 Å². The van der Waals surface area contributed by atoms with E-state index >= 15 is 0 Å². The molecule has 0 unspecified atom stereocenters. The van der Waals surface area contributed by atoms with E-state index in [1.807, 2.05) is 0 Å². The molecular weight excluding hydrogens is 363 g/mol. The van der Waals surface area contributed by atoms with Gasteiger partial charge in [-0.2, -0.15) is 0 Å². The van der Waals surface area contributed by atoms with Crippen molar-refractivity contribution >= 4 is 21.7 Å². The number of carboxylic acid groups (broad SMARTS) is 1. The van der Waals surface area contributed by atoms with Crippen LogP contribution in [0.2, 0.25) is 0 Å². The number of nitrogens with one attached hydrogen (secondary N) is 1. The third kappa shape index (κ3) is 3.40. The second-order valence-electron chi connectivity index (χ2n) is 5.40. The first-order valence-electron chi connectivity index (χ1n) is 7.28. The molecule has 0 spiro atoms. The van der Waals surface area contributed by atoms with Gasteiger partial charge in [-0.25, -0.2) is 17.6 Å². The number of benzene rings is 2. The summed E-state index contributed by atoms with van der Waals surface area (Å²) in [5.41, 5.74) is 0.283. The van der Waals surface area contributed by atoms with E-state index in [9.17, 15) is 17.6 Å². The molecule has 0 amide bonds. The van der Waals surface area contributed by atoms with Gasteiger partial charge in [0.05, 0.1) is 10.5 Å². The zero-order valence-electron chi connectivity index (χ0n) is 13.4. The Hall–Kier alpha value is -3.27. The van der Waals surface area contributed by atoms with Crippen molar-refractivity contribution in [2.75, 3.05) is 4.72 Å². The first-order valence-corrected chi connectivity index (χ1v) is 8.76. The number of aromatic nitrogens is 3. The number of sulfonamides is 1. The maximum absolute atomic E-state index is 13.4. The first-order chi connectivity index (χ1) is 12.3. The molecule has 0 bridgehead atoms.